The molecule has 0 aliphatic rings. The van der Waals surface area contributed by atoms with E-state index in [2.05, 4.69) is 15.3 Å². The van der Waals surface area contributed by atoms with Gasteiger partial charge in [0.1, 0.15) is 9.73 Å². The quantitative estimate of drug-likeness (QED) is 0.715. The van der Waals surface area contributed by atoms with E-state index in [1.807, 2.05) is 17.7 Å². The van der Waals surface area contributed by atoms with E-state index in [0.717, 1.165) is 0 Å². The number of hydrogen-bond donors (Lipinski definition) is 1. The minimum absolute atomic E-state index is 0.0783. The van der Waals surface area contributed by atoms with Crippen molar-refractivity contribution in [3.8, 4) is 0 Å². The van der Waals surface area contributed by atoms with E-state index in [-0.39, 0.29) is 11.5 Å². The highest BCUT2D eigenvalue weighted by Gasteiger charge is 2.11. The zero-order valence-corrected chi connectivity index (χ0v) is 14.0. The molecule has 1 amide bonds. The van der Waals surface area contributed by atoms with Crippen molar-refractivity contribution < 1.29 is 4.79 Å². The molecule has 0 aromatic carbocycles. The number of thiophene rings is 1. The third-order valence-corrected chi connectivity index (χ3v) is 4.89. The molecule has 0 saturated carbocycles. The largest absolute Gasteiger partial charge is 0.350 e. The van der Waals surface area contributed by atoms with Gasteiger partial charge in [-0.2, -0.15) is 0 Å². The number of nitrogens with zero attached hydrogens (tertiary/aromatic N) is 3. The summed E-state index contributed by atoms with van der Waals surface area (Å²) in [6.07, 6.45) is 5.05. The minimum Gasteiger partial charge on any atom is -0.350 e. The number of amides is 1. The number of fused-ring (bicyclic) bond motifs is 1. The molecular formula is C15H14N4O2S2. The standard InChI is InChI=1S/C15H14N4O2S2/c1-22-14-10(3-2-5-17-14)13(20)16-6-7-19-9-18-11-4-8-23-12(11)15(19)21/h2-5,8-9H,6-7H2,1H3,(H,16,20). The lowest BCUT2D eigenvalue weighted by molar-refractivity contribution is 0.0948. The van der Waals surface area contributed by atoms with Gasteiger partial charge in [-0.05, 0) is 29.8 Å². The number of carbonyl (C=O) groups excluding carboxylic acids is 1. The Labute approximate surface area is 140 Å². The Balaban J connectivity index is 1.67. The molecule has 0 aliphatic heterocycles. The van der Waals surface area contributed by atoms with E-state index in [9.17, 15) is 9.59 Å². The second-order valence-corrected chi connectivity index (χ2v) is 6.41. The van der Waals surface area contributed by atoms with Gasteiger partial charge in [-0.25, -0.2) is 9.97 Å². The molecule has 0 fully saturated rings. The van der Waals surface area contributed by atoms with Gasteiger partial charge in [0.05, 0.1) is 17.4 Å². The van der Waals surface area contributed by atoms with Crippen LogP contribution < -0.4 is 10.9 Å². The number of hydrogen-bond acceptors (Lipinski definition) is 6. The normalized spacial score (nSPS) is 10.8. The van der Waals surface area contributed by atoms with Crippen molar-refractivity contribution in [2.75, 3.05) is 12.8 Å². The van der Waals surface area contributed by atoms with Crippen LogP contribution in [-0.4, -0.2) is 33.2 Å². The van der Waals surface area contributed by atoms with Crippen molar-refractivity contribution in [1.29, 1.82) is 0 Å². The maximum Gasteiger partial charge on any atom is 0.271 e. The number of thioether (sulfide) groups is 1. The molecular weight excluding hydrogens is 332 g/mol. The Morgan fingerprint density at radius 1 is 1.39 bits per heavy atom. The maximum atomic E-state index is 12.2. The number of carbonyl (C=O) groups is 1. The van der Waals surface area contributed by atoms with Gasteiger partial charge >= 0.3 is 0 Å². The molecule has 6 nitrogen and oxygen atoms in total. The van der Waals surface area contributed by atoms with Crippen LogP contribution in [0.3, 0.4) is 0 Å². The van der Waals surface area contributed by atoms with Crippen LogP contribution >= 0.6 is 23.1 Å². The third-order valence-electron chi connectivity index (χ3n) is 3.28. The van der Waals surface area contributed by atoms with E-state index in [1.54, 1.807) is 18.3 Å². The molecule has 0 aliphatic carbocycles. The molecule has 3 rings (SSSR count). The average Bonchev–Trinajstić information content (AvgIpc) is 3.06. The molecule has 0 radical (unpaired) electrons. The van der Waals surface area contributed by atoms with Crippen molar-refractivity contribution in [2.24, 2.45) is 0 Å². The van der Waals surface area contributed by atoms with Gasteiger partial charge < -0.3 is 5.32 Å². The van der Waals surface area contributed by atoms with Crippen LogP contribution in [-0.2, 0) is 6.54 Å². The zero-order chi connectivity index (χ0) is 16.2. The Hall–Kier alpha value is -2.19. The van der Waals surface area contributed by atoms with Crippen LogP contribution in [0.4, 0.5) is 0 Å². The summed E-state index contributed by atoms with van der Waals surface area (Å²) in [4.78, 5) is 32.8. The molecule has 3 aromatic rings. The van der Waals surface area contributed by atoms with Crippen molar-refractivity contribution in [3.63, 3.8) is 0 Å². The zero-order valence-electron chi connectivity index (χ0n) is 12.4. The van der Waals surface area contributed by atoms with Crippen LogP contribution in [0.1, 0.15) is 10.4 Å². The summed E-state index contributed by atoms with van der Waals surface area (Å²) in [5, 5.41) is 5.34. The molecule has 0 unspecified atom stereocenters. The highest BCUT2D eigenvalue weighted by molar-refractivity contribution is 7.98. The fourth-order valence-electron chi connectivity index (χ4n) is 2.15. The van der Waals surface area contributed by atoms with Crippen LogP contribution in [0, 0.1) is 0 Å². The third kappa shape index (κ3) is 3.27. The summed E-state index contributed by atoms with van der Waals surface area (Å²) in [5.41, 5.74) is 1.17. The van der Waals surface area contributed by atoms with Gasteiger partial charge in [0.2, 0.25) is 0 Å². The lowest BCUT2D eigenvalue weighted by Gasteiger charge is -2.09. The van der Waals surface area contributed by atoms with Gasteiger partial charge in [0.15, 0.2) is 0 Å². The molecule has 118 valence electrons. The molecule has 23 heavy (non-hydrogen) atoms. The SMILES string of the molecule is CSc1ncccc1C(=O)NCCn1cnc2ccsc2c1=O. The van der Waals surface area contributed by atoms with Crippen molar-refractivity contribution in [3.05, 3.63) is 52.0 Å². The number of pyridine rings is 1. The molecule has 8 heteroatoms. The van der Waals surface area contributed by atoms with Gasteiger partial charge in [0, 0.05) is 19.3 Å². The fourth-order valence-corrected chi connectivity index (χ4v) is 3.49. The Bertz CT molecular complexity index is 904. The van der Waals surface area contributed by atoms with Crippen LogP contribution in [0.25, 0.3) is 10.2 Å². The summed E-state index contributed by atoms with van der Waals surface area (Å²) in [5.74, 6) is -0.194. The molecule has 3 heterocycles. The highest BCUT2D eigenvalue weighted by Crippen LogP contribution is 2.16. The molecule has 0 saturated heterocycles. The lowest BCUT2D eigenvalue weighted by atomic mass is 10.2. The molecule has 3 aromatic heterocycles. The summed E-state index contributed by atoms with van der Waals surface area (Å²) in [6.45, 7) is 0.723. The molecule has 0 spiro atoms. The van der Waals surface area contributed by atoms with E-state index in [0.29, 0.717) is 33.9 Å². The van der Waals surface area contributed by atoms with E-state index >= 15 is 0 Å². The summed E-state index contributed by atoms with van der Waals surface area (Å²) >= 11 is 2.80. The van der Waals surface area contributed by atoms with Crippen molar-refractivity contribution in [1.82, 2.24) is 19.9 Å². The van der Waals surface area contributed by atoms with Crippen LogP contribution in [0.5, 0.6) is 0 Å². The van der Waals surface area contributed by atoms with Crippen LogP contribution in [0.2, 0.25) is 0 Å². The minimum atomic E-state index is -0.194. The van der Waals surface area contributed by atoms with E-state index < -0.39 is 0 Å². The van der Waals surface area contributed by atoms with Crippen molar-refractivity contribution in [2.45, 2.75) is 11.6 Å². The second-order valence-electron chi connectivity index (χ2n) is 4.69. The predicted molar refractivity (Wildman–Crippen MR) is 92.2 cm³/mol. The molecule has 1 N–H and O–H groups in total. The highest BCUT2D eigenvalue weighted by atomic mass is 32.2. The summed E-state index contributed by atoms with van der Waals surface area (Å²) in [7, 11) is 0. The van der Waals surface area contributed by atoms with E-state index in [1.165, 1.54) is 34.0 Å². The topological polar surface area (TPSA) is 76.9 Å². The first kappa shape index (κ1) is 15.7. The maximum absolute atomic E-state index is 12.2. The lowest BCUT2D eigenvalue weighted by Crippen LogP contribution is -2.31. The smallest absolute Gasteiger partial charge is 0.271 e. The van der Waals surface area contributed by atoms with Crippen LogP contribution in [0.15, 0.2) is 45.9 Å². The first-order valence-corrected chi connectivity index (χ1v) is 9.01. The molecule has 0 bridgehead atoms. The first-order chi connectivity index (χ1) is 11.2. The molecule has 0 atom stereocenters. The van der Waals surface area contributed by atoms with Crippen molar-refractivity contribution >= 4 is 39.2 Å². The van der Waals surface area contributed by atoms with Gasteiger partial charge in [0.25, 0.3) is 11.5 Å². The van der Waals surface area contributed by atoms with Gasteiger partial charge in [-0.1, -0.05) is 0 Å². The van der Waals surface area contributed by atoms with E-state index in [4.69, 9.17) is 0 Å². The summed E-state index contributed by atoms with van der Waals surface area (Å²) in [6, 6.07) is 5.28. The number of aromatic nitrogens is 3. The Kier molecular flexibility index (Phi) is 4.73. The monoisotopic (exact) mass is 346 g/mol. The predicted octanol–water partition coefficient (Wildman–Crippen LogP) is 2.00. The van der Waals surface area contributed by atoms with Gasteiger partial charge in [-0.3, -0.25) is 14.2 Å². The average molecular weight is 346 g/mol. The Morgan fingerprint density at radius 2 is 2.26 bits per heavy atom. The second kappa shape index (κ2) is 6.93. The summed E-state index contributed by atoms with van der Waals surface area (Å²) < 4.78 is 2.15. The number of nitrogens with one attached hydrogen (secondary N) is 1. The van der Waals surface area contributed by atoms with Gasteiger partial charge in [-0.15, -0.1) is 23.1 Å². The Morgan fingerprint density at radius 3 is 3.09 bits per heavy atom. The fraction of sp³-hybridized carbons (Fsp3) is 0.200. The number of rotatable bonds is 5. The first-order valence-electron chi connectivity index (χ1n) is 6.90.